The van der Waals surface area contributed by atoms with Crippen LogP contribution in [0.4, 0.5) is 5.69 Å². The number of nitrogens with one attached hydrogen (secondary N) is 2. The Bertz CT molecular complexity index is 726. The summed E-state index contributed by atoms with van der Waals surface area (Å²) >= 11 is 1.41. The van der Waals surface area contributed by atoms with Gasteiger partial charge in [-0.15, -0.1) is 0 Å². The number of benzene rings is 1. The van der Waals surface area contributed by atoms with E-state index in [2.05, 4.69) is 10.6 Å². The Morgan fingerprint density at radius 3 is 2.58 bits per heavy atom. The summed E-state index contributed by atoms with van der Waals surface area (Å²) in [5, 5.41) is 8.82. The van der Waals surface area contributed by atoms with E-state index in [9.17, 15) is 14.4 Å². The van der Waals surface area contributed by atoms with Gasteiger partial charge < -0.3 is 15.4 Å². The molecule has 2 amide bonds. The average molecular weight is 346 g/mol. The van der Waals surface area contributed by atoms with E-state index in [4.69, 9.17) is 4.74 Å². The number of carbonyl (C=O) groups excluding carboxylic acids is 3. The molecule has 1 aromatic heterocycles. The van der Waals surface area contributed by atoms with E-state index in [1.165, 1.54) is 17.4 Å². The summed E-state index contributed by atoms with van der Waals surface area (Å²) < 4.78 is 5.00. The van der Waals surface area contributed by atoms with Crippen molar-refractivity contribution in [3.05, 3.63) is 52.2 Å². The summed E-state index contributed by atoms with van der Waals surface area (Å²) in [7, 11) is 0. The molecule has 24 heavy (non-hydrogen) atoms. The number of hydrogen-bond donors (Lipinski definition) is 2. The normalized spacial score (nSPS) is 10.3. The summed E-state index contributed by atoms with van der Waals surface area (Å²) in [5.41, 5.74) is 1.04. The predicted octanol–water partition coefficient (Wildman–Crippen LogP) is 2.68. The van der Waals surface area contributed by atoms with Crippen LogP contribution in [0.5, 0.6) is 0 Å². The smallest absolute Gasteiger partial charge is 0.340 e. The summed E-state index contributed by atoms with van der Waals surface area (Å²) in [4.78, 5) is 35.8. The van der Waals surface area contributed by atoms with Crippen LogP contribution in [0, 0.1) is 0 Å². The second-order valence-electron chi connectivity index (χ2n) is 5.31. The Hall–Kier alpha value is -2.67. The van der Waals surface area contributed by atoms with Crippen LogP contribution < -0.4 is 10.6 Å². The number of amides is 2. The van der Waals surface area contributed by atoms with Gasteiger partial charge in [-0.2, -0.15) is 11.3 Å². The van der Waals surface area contributed by atoms with E-state index < -0.39 is 5.97 Å². The van der Waals surface area contributed by atoms with Gasteiger partial charge in [-0.25, -0.2) is 4.79 Å². The van der Waals surface area contributed by atoms with E-state index >= 15 is 0 Å². The molecule has 1 heterocycles. The van der Waals surface area contributed by atoms with Gasteiger partial charge in [-0.05, 0) is 37.4 Å². The van der Waals surface area contributed by atoms with E-state index in [0.717, 1.165) is 0 Å². The van der Waals surface area contributed by atoms with Gasteiger partial charge in [0.15, 0.2) is 6.61 Å². The Kier molecular flexibility index (Phi) is 6.08. The molecule has 0 atom stereocenters. The molecule has 2 aromatic rings. The molecule has 2 rings (SSSR count). The van der Waals surface area contributed by atoms with Crippen molar-refractivity contribution in [2.75, 3.05) is 11.9 Å². The van der Waals surface area contributed by atoms with Crippen LogP contribution in [0.1, 0.15) is 34.6 Å². The van der Waals surface area contributed by atoms with Crippen LogP contribution in [-0.2, 0) is 9.53 Å². The van der Waals surface area contributed by atoms with Crippen molar-refractivity contribution in [2.24, 2.45) is 0 Å². The third-order valence-electron chi connectivity index (χ3n) is 2.96. The van der Waals surface area contributed by atoms with Crippen molar-refractivity contribution in [3.63, 3.8) is 0 Å². The highest BCUT2D eigenvalue weighted by Gasteiger charge is 2.16. The Morgan fingerprint density at radius 2 is 1.92 bits per heavy atom. The number of hydrogen-bond acceptors (Lipinski definition) is 5. The first-order valence-electron chi connectivity index (χ1n) is 7.36. The van der Waals surface area contributed by atoms with Crippen molar-refractivity contribution in [1.29, 1.82) is 0 Å². The largest absolute Gasteiger partial charge is 0.452 e. The lowest BCUT2D eigenvalue weighted by molar-refractivity contribution is -0.124. The first kappa shape index (κ1) is 17.7. The van der Waals surface area contributed by atoms with Crippen molar-refractivity contribution < 1.29 is 19.1 Å². The lowest BCUT2D eigenvalue weighted by atomic mass is 10.1. The molecule has 1 aromatic carbocycles. The van der Waals surface area contributed by atoms with Gasteiger partial charge in [0.05, 0.1) is 16.8 Å². The van der Waals surface area contributed by atoms with Gasteiger partial charge in [-0.3, -0.25) is 9.59 Å². The Balaban J connectivity index is 2.03. The van der Waals surface area contributed by atoms with Gasteiger partial charge >= 0.3 is 5.97 Å². The molecule has 0 saturated carbocycles. The summed E-state index contributed by atoms with van der Waals surface area (Å²) in [6.07, 6.45) is 0. The first-order valence-corrected chi connectivity index (χ1v) is 8.30. The highest BCUT2D eigenvalue weighted by atomic mass is 32.1. The van der Waals surface area contributed by atoms with Gasteiger partial charge in [-0.1, -0.05) is 12.1 Å². The molecule has 126 valence electrons. The molecule has 0 radical (unpaired) electrons. The fourth-order valence-electron chi connectivity index (χ4n) is 1.93. The molecular formula is C17H18N2O4S. The van der Waals surface area contributed by atoms with Crippen molar-refractivity contribution in [3.8, 4) is 0 Å². The third kappa shape index (κ3) is 4.92. The van der Waals surface area contributed by atoms with Crippen LogP contribution in [0.3, 0.4) is 0 Å². The number of ether oxygens (including phenoxy) is 1. The molecule has 0 fully saturated rings. The number of carbonyl (C=O) groups is 3. The van der Waals surface area contributed by atoms with Crippen molar-refractivity contribution >= 4 is 34.8 Å². The fraction of sp³-hybridized carbons (Fsp3) is 0.235. The minimum absolute atomic E-state index is 0.0339. The molecule has 0 saturated heterocycles. The van der Waals surface area contributed by atoms with Gasteiger partial charge in [0.2, 0.25) is 0 Å². The SMILES string of the molecule is CC(C)NC(=O)COC(=O)c1ccccc1NC(=O)c1ccsc1. The summed E-state index contributed by atoms with van der Waals surface area (Å²) in [6.45, 7) is 3.26. The molecule has 0 spiro atoms. The minimum atomic E-state index is -0.671. The molecule has 2 N–H and O–H groups in total. The zero-order chi connectivity index (χ0) is 17.5. The number of esters is 1. The molecule has 0 aliphatic rings. The van der Waals surface area contributed by atoms with Crippen LogP contribution >= 0.6 is 11.3 Å². The standard InChI is InChI=1S/C17H18N2O4S/c1-11(2)18-15(20)9-23-17(22)13-5-3-4-6-14(13)19-16(21)12-7-8-24-10-12/h3-8,10-11H,9H2,1-2H3,(H,18,20)(H,19,21). The van der Waals surface area contributed by atoms with E-state index in [-0.39, 0.29) is 30.0 Å². The zero-order valence-electron chi connectivity index (χ0n) is 13.4. The maximum Gasteiger partial charge on any atom is 0.340 e. The molecular weight excluding hydrogens is 328 g/mol. The number of anilines is 1. The lowest BCUT2D eigenvalue weighted by Gasteiger charge is -2.11. The van der Waals surface area contributed by atoms with E-state index in [0.29, 0.717) is 11.3 Å². The third-order valence-corrected chi connectivity index (χ3v) is 3.65. The maximum atomic E-state index is 12.2. The van der Waals surface area contributed by atoms with Gasteiger partial charge in [0.1, 0.15) is 0 Å². The lowest BCUT2D eigenvalue weighted by Crippen LogP contribution is -2.34. The molecule has 0 bridgehead atoms. The topological polar surface area (TPSA) is 84.5 Å². The number of para-hydroxylation sites is 1. The second kappa shape index (κ2) is 8.26. The quantitative estimate of drug-likeness (QED) is 0.788. The van der Waals surface area contributed by atoms with Crippen LogP contribution in [0.15, 0.2) is 41.1 Å². The molecule has 0 aliphatic heterocycles. The van der Waals surface area contributed by atoms with Crippen molar-refractivity contribution in [2.45, 2.75) is 19.9 Å². The van der Waals surface area contributed by atoms with Crippen LogP contribution in [0.25, 0.3) is 0 Å². The van der Waals surface area contributed by atoms with Crippen molar-refractivity contribution in [1.82, 2.24) is 5.32 Å². The highest BCUT2D eigenvalue weighted by Crippen LogP contribution is 2.18. The van der Waals surface area contributed by atoms with Crippen LogP contribution in [-0.4, -0.2) is 30.4 Å². The minimum Gasteiger partial charge on any atom is -0.452 e. The van der Waals surface area contributed by atoms with E-state index in [1.807, 2.05) is 13.8 Å². The predicted molar refractivity (Wildman–Crippen MR) is 92.3 cm³/mol. The summed E-state index contributed by atoms with van der Waals surface area (Å²) in [6, 6.07) is 8.16. The second-order valence-corrected chi connectivity index (χ2v) is 6.09. The first-order chi connectivity index (χ1) is 11.5. The molecule has 7 heteroatoms. The fourth-order valence-corrected chi connectivity index (χ4v) is 2.57. The zero-order valence-corrected chi connectivity index (χ0v) is 14.2. The molecule has 0 aliphatic carbocycles. The van der Waals surface area contributed by atoms with Gasteiger partial charge in [0, 0.05) is 11.4 Å². The monoisotopic (exact) mass is 346 g/mol. The Labute approximate surface area is 143 Å². The molecule has 6 nitrogen and oxygen atoms in total. The Morgan fingerprint density at radius 1 is 1.17 bits per heavy atom. The highest BCUT2D eigenvalue weighted by molar-refractivity contribution is 7.08. The van der Waals surface area contributed by atoms with Crippen LogP contribution in [0.2, 0.25) is 0 Å². The van der Waals surface area contributed by atoms with E-state index in [1.54, 1.807) is 35.0 Å². The number of rotatable bonds is 6. The van der Waals surface area contributed by atoms with Gasteiger partial charge in [0.25, 0.3) is 11.8 Å². The molecule has 0 unspecified atom stereocenters. The maximum absolute atomic E-state index is 12.2. The number of thiophene rings is 1. The average Bonchev–Trinajstić information content (AvgIpc) is 3.07. The summed E-state index contributed by atoms with van der Waals surface area (Å²) in [5.74, 6) is -1.36.